The summed E-state index contributed by atoms with van der Waals surface area (Å²) >= 11 is 9.08. The second-order valence-corrected chi connectivity index (χ2v) is 4.33. The zero-order valence-corrected chi connectivity index (χ0v) is 11.0. The van der Waals surface area contributed by atoms with E-state index in [0.29, 0.717) is 15.2 Å². The van der Waals surface area contributed by atoms with Gasteiger partial charge in [-0.05, 0) is 28.1 Å². The predicted molar refractivity (Wildman–Crippen MR) is 68.4 cm³/mol. The van der Waals surface area contributed by atoms with Gasteiger partial charge in [0.05, 0.1) is 21.6 Å². The second-order valence-electron chi connectivity index (χ2n) is 3.13. The molecule has 0 fully saturated rings. The van der Waals surface area contributed by atoms with E-state index < -0.39 is 12.0 Å². The van der Waals surface area contributed by atoms with Gasteiger partial charge in [0, 0.05) is 6.54 Å². The highest BCUT2D eigenvalue weighted by Crippen LogP contribution is 2.29. The Balaban J connectivity index is 2.51. The molecule has 0 spiro atoms. The second kappa shape index (κ2) is 6.46. The maximum absolute atomic E-state index is 11.4. The first kappa shape index (κ1) is 13.8. The summed E-state index contributed by atoms with van der Waals surface area (Å²) in [6.07, 6.45) is -0.121. The predicted octanol–water partition coefficient (Wildman–Crippen LogP) is 2.70. The van der Waals surface area contributed by atoms with Crippen LogP contribution in [0.3, 0.4) is 0 Å². The third-order valence-electron chi connectivity index (χ3n) is 1.82. The van der Waals surface area contributed by atoms with Crippen molar-refractivity contribution < 1.29 is 14.7 Å². The molecule has 0 aromatic heterocycles. The van der Waals surface area contributed by atoms with Crippen molar-refractivity contribution in [3.05, 3.63) is 27.7 Å². The Morgan fingerprint density at radius 3 is 2.76 bits per heavy atom. The molecule has 1 aromatic carbocycles. The van der Waals surface area contributed by atoms with Crippen molar-refractivity contribution in [2.24, 2.45) is 0 Å². The lowest BCUT2D eigenvalue weighted by Crippen LogP contribution is -2.30. The minimum atomic E-state index is -0.964. The quantitative estimate of drug-likeness (QED) is 0.798. The van der Waals surface area contributed by atoms with E-state index in [1.165, 1.54) is 0 Å². The highest BCUT2D eigenvalue weighted by atomic mass is 79.9. The van der Waals surface area contributed by atoms with Crippen molar-refractivity contribution in [2.45, 2.75) is 6.42 Å². The zero-order chi connectivity index (χ0) is 12.8. The van der Waals surface area contributed by atoms with E-state index in [1.807, 2.05) is 0 Å². The molecular formula is C10H10BrClN2O3. The largest absolute Gasteiger partial charge is 0.481 e. The summed E-state index contributed by atoms with van der Waals surface area (Å²) in [4.78, 5) is 21.6. The van der Waals surface area contributed by atoms with E-state index >= 15 is 0 Å². The molecule has 1 aromatic rings. The maximum atomic E-state index is 11.4. The lowest BCUT2D eigenvalue weighted by molar-refractivity contribution is -0.136. The molecule has 0 saturated heterocycles. The van der Waals surface area contributed by atoms with Gasteiger partial charge in [-0.15, -0.1) is 0 Å². The van der Waals surface area contributed by atoms with Gasteiger partial charge < -0.3 is 15.7 Å². The van der Waals surface area contributed by atoms with E-state index in [0.717, 1.165) is 0 Å². The van der Waals surface area contributed by atoms with Gasteiger partial charge in [-0.25, -0.2) is 4.79 Å². The number of carboxylic acid groups (broad SMARTS) is 1. The number of anilines is 1. The van der Waals surface area contributed by atoms with Gasteiger partial charge in [-0.2, -0.15) is 0 Å². The van der Waals surface area contributed by atoms with Crippen molar-refractivity contribution in [3.8, 4) is 0 Å². The van der Waals surface area contributed by atoms with Crippen LogP contribution in [0.1, 0.15) is 6.42 Å². The van der Waals surface area contributed by atoms with Gasteiger partial charge in [0.15, 0.2) is 0 Å². The standard InChI is InChI=1S/C10H10BrClN2O3/c11-9-6(12)2-1-3-7(9)14-10(17)13-5-4-8(15)16/h1-3H,4-5H2,(H,15,16)(H2,13,14,17). The van der Waals surface area contributed by atoms with Gasteiger partial charge in [-0.1, -0.05) is 17.7 Å². The van der Waals surface area contributed by atoms with E-state index in [4.69, 9.17) is 16.7 Å². The number of hydrogen-bond acceptors (Lipinski definition) is 2. The third-order valence-corrected chi connectivity index (χ3v) is 3.22. The van der Waals surface area contributed by atoms with E-state index in [-0.39, 0.29) is 13.0 Å². The van der Waals surface area contributed by atoms with E-state index in [1.54, 1.807) is 18.2 Å². The first-order valence-corrected chi connectivity index (χ1v) is 5.88. The summed E-state index contributed by atoms with van der Waals surface area (Å²) in [5.41, 5.74) is 0.519. The summed E-state index contributed by atoms with van der Waals surface area (Å²) in [7, 11) is 0. The molecule has 0 radical (unpaired) electrons. The molecule has 3 N–H and O–H groups in total. The number of aliphatic carboxylic acids is 1. The maximum Gasteiger partial charge on any atom is 0.319 e. The lowest BCUT2D eigenvalue weighted by atomic mass is 10.3. The number of carbonyl (C=O) groups excluding carboxylic acids is 1. The van der Waals surface area contributed by atoms with Crippen LogP contribution in [0, 0.1) is 0 Å². The van der Waals surface area contributed by atoms with E-state index in [2.05, 4.69) is 26.6 Å². The number of carbonyl (C=O) groups is 2. The minimum absolute atomic E-state index is 0.0688. The Morgan fingerprint density at radius 2 is 2.12 bits per heavy atom. The van der Waals surface area contributed by atoms with Crippen LogP contribution >= 0.6 is 27.5 Å². The SMILES string of the molecule is O=C(O)CCNC(=O)Nc1cccc(Cl)c1Br. The van der Waals surface area contributed by atoms with Gasteiger partial charge in [0.25, 0.3) is 0 Å². The third kappa shape index (κ3) is 4.62. The lowest BCUT2D eigenvalue weighted by Gasteiger charge is -2.09. The van der Waals surface area contributed by atoms with Crippen LogP contribution in [0.2, 0.25) is 5.02 Å². The van der Waals surface area contributed by atoms with Crippen LogP contribution in [0.25, 0.3) is 0 Å². The van der Waals surface area contributed by atoms with Crippen molar-refractivity contribution in [2.75, 3.05) is 11.9 Å². The Labute approximate surface area is 111 Å². The summed E-state index contributed by atoms with van der Waals surface area (Å²) < 4.78 is 0.579. The fourth-order valence-corrected chi connectivity index (χ4v) is 1.59. The molecule has 17 heavy (non-hydrogen) atoms. The molecule has 0 aliphatic heterocycles. The number of amides is 2. The molecule has 2 amide bonds. The normalized spacial score (nSPS) is 9.76. The number of benzene rings is 1. The number of rotatable bonds is 4. The number of halogens is 2. The van der Waals surface area contributed by atoms with Crippen LogP contribution in [0.4, 0.5) is 10.5 Å². The average molecular weight is 322 g/mol. The molecule has 0 heterocycles. The summed E-state index contributed by atoms with van der Waals surface area (Å²) in [5.74, 6) is -0.964. The average Bonchev–Trinajstić information content (AvgIpc) is 2.24. The molecule has 5 nitrogen and oxygen atoms in total. The molecule has 1 rings (SSSR count). The van der Waals surface area contributed by atoms with Crippen LogP contribution in [0.15, 0.2) is 22.7 Å². The first-order valence-electron chi connectivity index (χ1n) is 4.71. The highest BCUT2D eigenvalue weighted by Gasteiger charge is 2.07. The summed E-state index contributed by atoms with van der Waals surface area (Å²) in [6.45, 7) is 0.0688. The smallest absolute Gasteiger partial charge is 0.319 e. The Bertz CT molecular complexity index is 440. The van der Waals surface area contributed by atoms with Crippen LogP contribution in [-0.2, 0) is 4.79 Å². The highest BCUT2D eigenvalue weighted by molar-refractivity contribution is 9.10. The minimum Gasteiger partial charge on any atom is -0.481 e. The Kier molecular flexibility index (Phi) is 5.24. The Hall–Kier alpha value is -1.27. The molecular weight excluding hydrogens is 311 g/mol. The first-order chi connectivity index (χ1) is 8.00. The van der Waals surface area contributed by atoms with Gasteiger partial charge in [0.1, 0.15) is 0 Å². The van der Waals surface area contributed by atoms with Gasteiger partial charge >= 0.3 is 12.0 Å². The molecule has 92 valence electrons. The van der Waals surface area contributed by atoms with Gasteiger partial charge in [0.2, 0.25) is 0 Å². The number of hydrogen-bond donors (Lipinski definition) is 3. The molecule has 0 aliphatic rings. The van der Waals surface area contributed by atoms with Crippen LogP contribution in [-0.4, -0.2) is 23.7 Å². The van der Waals surface area contributed by atoms with E-state index in [9.17, 15) is 9.59 Å². The zero-order valence-electron chi connectivity index (χ0n) is 8.67. The fraction of sp³-hybridized carbons (Fsp3) is 0.200. The van der Waals surface area contributed by atoms with Crippen molar-refractivity contribution in [1.29, 1.82) is 0 Å². The molecule has 0 bridgehead atoms. The van der Waals surface area contributed by atoms with Crippen LogP contribution in [0.5, 0.6) is 0 Å². The van der Waals surface area contributed by atoms with Crippen molar-refractivity contribution >= 4 is 45.2 Å². The number of carboxylic acids is 1. The number of urea groups is 1. The number of nitrogens with one attached hydrogen (secondary N) is 2. The van der Waals surface area contributed by atoms with Crippen molar-refractivity contribution in [1.82, 2.24) is 5.32 Å². The van der Waals surface area contributed by atoms with Crippen molar-refractivity contribution in [3.63, 3.8) is 0 Å². The van der Waals surface area contributed by atoms with Crippen LogP contribution < -0.4 is 10.6 Å². The monoisotopic (exact) mass is 320 g/mol. The molecule has 7 heteroatoms. The fourth-order valence-electron chi connectivity index (χ4n) is 1.05. The Morgan fingerprint density at radius 1 is 1.41 bits per heavy atom. The van der Waals surface area contributed by atoms with Gasteiger partial charge in [-0.3, -0.25) is 4.79 Å². The molecule has 0 saturated carbocycles. The topological polar surface area (TPSA) is 78.4 Å². The molecule has 0 aliphatic carbocycles. The molecule has 0 atom stereocenters. The molecule has 0 unspecified atom stereocenters. The summed E-state index contributed by atoms with van der Waals surface area (Å²) in [5, 5.41) is 13.8. The summed E-state index contributed by atoms with van der Waals surface area (Å²) in [6, 6.07) is 4.57.